The molecule has 0 aromatic heterocycles. The Bertz CT molecular complexity index is 312. The molecule has 0 heterocycles. The van der Waals surface area contributed by atoms with Crippen LogP contribution in [0.4, 0.5) is 0 Å². The van der Waals surface area contributed by atoms with Gasteiger partial charge in [-0.1, -0.05) is 39.7 Å². The van der Waals surface area contributed by atoms with Crippen molar-refractivity contribution in [2.45, 2.75) is 13.0 Å². The molecule has 0 atom stereocenters. The van der Waals surface area contributed by atoms with E-state index in [1.807, 2.05) is 24.3 Å². The fraction of sp³-hybridized carbons (Fsp3) is 0.273. The Balaban J connectivity index is 2.46. The monoisotopic (exact) mass is 273 g/mol. The number of hydrogen-bond acceptors (Lipinski definition) is 1. The highest BCUT2D eigenvalue weighted by Crippen LogP contribution is 2.21. The molecule has 1 nitrogen and oxygen atoms in total. The molecule has 0 aliphatic rings. The molecule has 0 spiro atoms. The van der Waals surface area contributed by atoms with E-state index in [4.69, 9.17) is 11.6 Å². The van der Waals surface area contributed by atoms with Crippen LogP contribution < -0.4 is 5.32 Å². The number of nitrogens with one attached hydrogen (secondary N) is 1. The first kappa shape index (κ1) is 11.8. The molecule has 0 fully saturated rings. The summed E-state index contributed by atoms with van der Waals surface area (Å²) < 4.78 is 1.05. The summed E-state index contributed by atoms with van der Waals surface area (Å²) in [5.74, 6) is 0. The molecule has 1 aromatic rings. The van der Waals surface area contributed by atoms with Gasteiger partial charge >= 0.3 is 0 Å². The Kier molecular flexibility index (Phi) is 5.23. The van der Waals surface area contributed by atoms with Crippen LogP contribution in [-0.4, -0.2) is 6.54 Å². The van der Waals surface area contributed by atoms with Crippen molar-refractivity contribution in [1.82, 2.24) is 5.32 Å². The maximum absolute atomic E-state index is 5.84. The van der Waals surface area contributed by atoms with Crippen LogP contribution in [0.1, 0.15) is 12.0 Å². The van der Waals surface area contributed by atoms with Crippen LogP contribution in [0.25, 0.3) is 0 Å². The summed E-state index contributed by atoms with van der Waals surface area (Å²) in [6, 6.07) is 5.83. The van der Waals surface area contributed by atoms with Crippen molar-refractivity contribution in [2.24, 2.45) is 0 Å². The van der Waals surface area contributed by atoms with E-state index in [2.05, 4.69) is 27.8 Å². The van der Waals surface area contributed by atoms with E-state index < -0.39 is 0 Å². The van der Waals surface area contributed by atoms with Gasteiger partial charge in [0.1, 0.15) is 0 Å². The average molecular weight is 275 g/mol. The second-order valence-electron chi connectivity index (χ2n) is 2.99. The van der Waals surface area contributed by atoms with Crippen LogP contribution in [0.2, 0.25) is 5.02 Å². The number of halogens is 2. The largest absolute Gasteiger partial charge is 0.312 e. The third kappa shape index (κ3) is 3.82. The van der Waals surface area contributed by atoms with Crippen molar-refractivity contribution in [1.29, 1.82) is 0 Å². The molecular formula is C11H13BrClN. The van der Waals surface area contributed by atoms with E-state index in [0.717, 1.165) is 29.0 Å². The van der Waals surface area contributed by atoms with Gasteiger partial charge in [0.25, 0.3) is 0 Å². The normalized spacial score (nSPS) is 10.1. The molecule has 76 valence electrons. The molecule has 1 N–H and O–H groups in total. The molecule has 0 aliphatic carbocycles. The zero-order valence-corrected chi connectivity index (χ0v) is 10.2. The smallest absolute Gasteiger partial charge is 0.0417 e. The van der Waals surface area contributed by atoms with Gasteiger partial charge in [0.15, 0.2) is 0 Å². The molecular weight excluding hydrogens is 261 g/mol. The first-order valence-corrected chi connectivity index (χ1v) is 5.66. The number of rotatable bonds is 5. The standard InChI is InChI=1S/C11H13BrClN/c1-2-3-6-14-8-9-4-5-10(13)7-11(9)12/h2,4-5,7,14H,1,3,6,8H2. The van der Waals surface area contributed by atoms with Crippen LogP contribution in [0.3, 0.4) is 0 Å². The third-order valence-electron chi connectivity index (χ3n) is 1.86. The Labute approximate surface area is 98.3 Å². The lowest BCUT2D eigenvalue weighted by atomic mass is 10.2. The highest BCUT2D eigenvalue weighted by atomic mass is 79.9. The molecule has 0 bridgehead atoms. The van der Waals surface area contributed by atoms with Gasteiger partial charge in [-0.15, -0.1) is 6.58 Å². The van der Waals surface area contributed by atoms with E-state index >= 15 is 0 Å². The Morgan fingerprint density at radius 1 is 1.50 bits per heavy atom. The van der Waals surface area contributed by atoms with E-state index in [1.54, 1.807) is 0 Å². The van der Waals surface area contributed by atoms with Gasteiger partial charge in [0.05, 0.1) is 0 Å². The zero-order valence-electron chi connectivity index (χ0n) is 7.89. The maximum Gasteiger partial charge on any atom is 0.0417 e. The molecule has 0 amide bonds. The van der Waals surface area contributed by atoms with E-state index in [-0.39, 0.29) is 0 Å². The Hall–Kier alpha value is -0.310. The second-order valence-corrected chi connectivity index (χ2v) is 4.28. The fourth-order valence-electron chi connectivity index (χ4n) is 1.09. The van der Waals surface area contributed by atoms with Crippen LogP contribution in [-0.2, 0) is 6.54 Å². The fourth-order valence-corrected chi connectivity index (χ4v) is 1.92. The van der Waals surface area contributed by atoms with Crippen molar-refractivity contribution in [3.05, 3.63) is 45.9 Å². The van der Waals surface area contributed by atoms with Gasteiger partial charge in [-0.25, -0.2) is 0 Å². The van der Waals surface area contributed by atoms with Gasteiger partial charge in [0.2, 0.25) is 0 Å². The van der Waals surface area contributed by atoms with Gasteiger partial charge in [-0.3, -0.25) is 0 Å². The third-order valence-corrected chi connectivity index (χ3v) is 2.83. The maximum atomic E-state index is 5.84. The van der Waals surface area contributed by atoms with Crippen molar-refractivity contribution < 1.29 is 0 Å². The lowest BCUT2D eigenvalue weighted by molar-refractivity contribution is 0.694. The van der Waals surface area contributed by atoms with E-state index in [9.17, 15) is 0 Å². The minimum Gasteiger partial charge on any atom is -0.312 e. The van der Waals surface area contributed by atoms with Crippen molar-refractivity contribution in [3.8, 4) is 0 Å². The first-order valence-electron chi connectivity index (χ1n) is 4.49. The Morgan fingerprint density at radius 2 is 2.29 bits per heavy atom. The highest BCUT2D eigenvalue weighted by Gasteiger charge is 1.99. The van der Waals surface area contributed by atoms with Gasteiger partial charge < -0.3 is 5.32 Å². The van der Waals surface area contributed by atoms with E-state index in [1.165, 1.54) is 5.56 Å². The predicted molar refractivity (Wildman–Crippen MR) is 65.7 cm³/mol. The number of benzene rings is 1. The molecule has 0 saturated carbocycles. The van der Waals surface area contributed by atoms with Crippen LogP contribution in [0, 0.1) is 0 Å². The van der Waals surface area contributed by atoms with Crippen LogP contribution in [0.15, 0.2) is 35.3 Å². The molecule has 3 heteroatoms. The molecule has 0 unspecified atom stereocenters. The van der Waals surface area contributed by atoms with Gasteiger partial charge in [-0.2, -0.15) is 0 Å². The van der Waals surface area contributed by atoms with Crippen molar-refractivity contribution >= 4 is 27.5 Å². The molecule has 0 aliphatic heterocycles. The molecule has 1 aromatic carbocycles. The summed E-state index contributed by atoms with van der Waals surface area (Å²) in [6.45, 7) is 5.48. The second kappa shape index (κ2) is 6.23. The number of hydrogen-bond donors (Lipinski definition) is 1. The molecule has 0 saturated heterocycles. The van der Waals surface area contributed by atoms with Crippen molar-refractivity contribution in [3.63, 3.8) is 0 Å². The summed E-state index contributed by atoms with van der Waals surface area (Å²) in [5.41, 5.74) is 1.22. The van der Waals surface area contributed by atoms with Gasteiger partial charge in [0, 0.05) is 16.0 Å². The van der Waals surface area contributed by atoms with Crippen LogP contribution in [0.5, 0.6) is 0 Å². The lowest BCUT2D eigenvalue weighted by Gasteiger charge is -2.05. The molecule has 0 radical (unpaired) electrons. The predicted octanol–water partition coefficient (Wildman–Crippen LogP) is 3.77. The minimum absolute atomic E-state index is 0.756. The quantitative estimate of drug-likeness (QED) is 0.637. The zero-order chi connectivity index (χ0) is 10.4. The summed E-state index contributed by atoms with van der Waals surface area (Å²) in [6.07, 6.45) is 2.90. The SMILES string of the molecule is C=CCCNCc1ccc(Cl)cc1Br. The Morgan fingerprint density at radius 3 is 2.93 bits per heavy atom. The molecule has 14 heavy (non-hydrogen) atoms. The molecule has 1 rings (SSSR count). The highest BCUT2D eigenvalue weighted by molar-refractivity contribution is 9.10. The topological polar surface area (TPSA) is 12.0 Å². The first-order chi connectivity index (χ1) is 6.74. The summed E-state index contributed by atoms with van der Waals surface area (Å²) in [5, 5.41) is 4.07. The summed E-state index contributed by atoms with van der Waals surface area (Å²) in [4.78, 5) is 0. The lowest BCUT2D eigenvalue weighted by Crippen LogP contribution is -2.14. The van der Waals surface area contributed by atoms with E-state index in [0.29, 0.717) is 0 Å². The summed E-state index contributed by atoms with van der Waals surface area (Å²) >= 11 is 9.31. The summed E-state index contributed by atoms with van der Waals surface area (Å²) in [7, 11) is 0. The average Bonchev–Trinajstić information content (AvgIpc) is 2.15. The van der Waals surface area contributed by atoms with Gasteiger partial charge in [-0.05, 0) is 30.7 Å². The minimum atomic E-state index is 0.756. The van der Waals surface area contributed by atoms with Crippen LogP contribution >= 0.6 is 27.5 Å². The van der Waals surface area contributed by atoms with Crippen molar-refractivity contribution in [2.75, 3.05) is 6.54 Å².